The maximum atomic E-state index is 13.2. The highest BCUT2D eigenvalue weighted by Crippen LogP contribution is 2.45. The third-order valence-corrected chi connectivity index (χ3v) is 7.82. The maximum absolute atomic E-state index is 13.2. The third-order valence-electron chi connectivity index (χ3n) is 7.82. The van der Waals surface area contributed by atoms with Crippen molar-refractivity contribution in [2.45, 2.75) is 70.1 Å². The van der Waals surface area contributed by atoms with Crippen molar-refractivity contribution in [2.24, 2.45) is 0 Å². The second-order valence-corrected chi connectivity index (χ2v) is 10.9. The van der Waals surface area contributed by atoms with Crippen molar-refractivity contribution < 1.29 is 14.7 Å². The topological polar surface area (TPSA) is 194 Å². The average Bonchev–Trinajstić information content (AvgIpc) is 3.58. The smallest absolute Gasteiger partial charge is 0.291 e. The first-order valence-electron chi connectivity index (χ1n) is 12.9. The molecule has 2 aliphatic heterocycles. The molecule has 6 rings (SSSR count). The molecular formula is C26H30N10O3. The fourth-order valence-electron chi connectivity index (χ4n) is 6.03. The molecule has 0 aliphatic carbocycles. The number of hydrogen-bond donors (Lipinski definition) is 4. The number of H-pyrrole nitrogens is 1. The second kappa shape index (κ2) is 8.83. The summed E-state index contributed by atoms with van der Waals surface area (Å²) >= 11 is 0. The van der Waals surface area contributed by atoms with Crippen LogP contribution in [-0.4, -0.2) is 68.5 Å². The lowest BCUT2D eigenvalue weighted by molar-refractivity contribution is 0.0556. The van der Waals surface area contributed by atoms with E-state index in [1.54, 1.807) is 32.3 Å². The Morgan fingerprint density at radius 3 is 2.38 bits per heavy atom. The number of amides is 1. The van der Waals surface area contributed by atoms with Crippen molar-refractivity contribution in [2.75, 3.05) is 11.5 Å². The molecule has 4 aromatic heterocycles. The molecule has 2 saturated heterocycles. The van der Waals surface area contributed by atoms with Crippen molar-refractivity contribution in [1.82, 2.24) is 39.7 Å². The number of carbonyl (C=O) groups is 2. The van der Waals surface area contributed by atoms with E-state index in [1.807, 2.05) is 11.0 Å². The van der Waals surface area contributed by atoms with E-state index in [1.165, 1.54) is 11.4 Å². The lowest BCUT2D eigenvalue weighted by atomic mass is 9.85. The highest BCUT2D eigenvalue weighted by Gasteiger charge is 2.46. The van der Waals surface area contributed by atoms with Gasteiger partial charge in [0.2, 0.25) is 11.8 Å². The van der Waals surface area contributed by atoms with Gasteiger partial charge in [0, 0.05) is 35.3 Å². The highest BCUT2D eigenvalue weighted by molar-refractivity contribution is 6.00. The lowest BCUT2D eigenvalue weighted by Crippen LogP contribution is -2.46. The average molecular weight is 531 g/mol. The van der Waals surface area contributed by atoms with E-state index >= 15 is 0 Å². The molecule has 13 nitrogen and oxygen atoms in total. The molecule has 4 aromatic rings. The lowest BCUT2D eigenvalue weighted by Gasteiger charge is -2.38. The van der Waals surface area contributed by atoms with E-state index in [0.717, 1.165) is 18.4 Å². The first kappa shape index (κ1) is 24.9. The zero-order valence-corrected chi connectivity index (χ0v) is 21.9. The largest absolute Gasteiger partial charge is 0.384 e. The predicted molar refractivity (Wildman–Crippen MR) is 142 cm³/mol. The fourth-order valence-corrected chi connectivity index (χ4v) is 6.03. The number of carbonyl (C=O) groups excluding carboxylic acids is 2. The van der Waals surface area contributed by atoms with Crippen LogP contribution in [0, 0.1) is 0 Å². The Balaban J connectivity index is 1.38. The number of nitrogens with one attached hydrogen (secondary N) is 1. The van der Waals surface area contributed by atoms with Crippen molar-refractivity contribution in [3.63, 3.8) is 0 Å². The zero-order valence-electron chi connectivity index (χ0n) is 21.9. The number of fused-ring (bicyclic) bond motifs is 3. The van der Waals surface area contributed by atoms with Gasteiger partial charge in [-0.15, -0.1) is 5.10 Å². The van der Waals surface area contributed by atoms with Crippen LogP contribution >= 0.6 is 0 Å². The SMILES string of the molecule is CC(=O)c1c(C2C[C@H]3CC[C@@H](C2)N3C(=O)c2nc(N)n[nH]2)nc2c(-c3ccc(C(C)(C)O)nc3)cnn2c1N. The molecule has 2 aliphatic rings. The molecule has 202 valence electrons. The Bertz CT molecular complexity index is 1590. The molecule has 0 saturated carbocycles. The van der Waals surface area contributed by atoms with Gasteiger partial charge in [-0.2, -0.15) is 14.6 Å². The minimum absolute atomic E-state index is 0.0289. The van der Waals surface area contributed by atoms with Crippen LogP contribution in [-0.2, 0) is 5.60 Å². The minimum atomic E-state index is -1.07. The van der Waals surface area contributed by atoms with Crippen LogP contribution in [0.3, 0.4) is 0 Å². The number of pyridine rings is 1. The number of aromatic amines is 1. The van der Waals surface area contributed by atoms with Gasteiger partial charge in [-0.25, -0.2) is 4.98 Å². The monoisotopic (exact) mass is 530 g/mol. The van der Waals surface area contributed by atoms with E-state index in [4.69, 9.17) is 16.5 Å². The summed E-state index contributed by atoms with van der Waals surface area (Å²) in [4.78, 5) is 41.3. The Kier molecular flexibility index (Phi) is 5.64. The number of aromatic nitrogens is 7. The van der Waals surface area contributed by atoms with Crippen LogP contribution in [0.1, 0.15) is 84.7 Å². The number of nitrogen functional groups attached to an aromatic ring is 2. The molecule has 13 heteroatoms. The molecule has 1 unspecified atom stereocenters. The van der Waals surface area contributed by atoms with Gasteiger partial charge in [0.25, 0.3) is 5.91 Å². The van der Waals surface area contributed by atoms with Gasteiger partial charge in [-0.05, 0) is 52.5 Å². The van der Waals surface area contributed by atoms with E-state index < -0.39 is 5.60 Å². The number of Topliss-reactive ketones (excluding diaryl/α,β-unsaturated/α-hetero) is 1. The Morgan fingerprint density at radius 1 is 1.10 bits per heavy atom. The normalized spacial score (nSPS) is 21.0. The van der Waals surface area contributed by atoms with Gasteiger partial charge in [0.1, 0.15) is 11.4 Å². The number of ketones is 1. The quantitative estimate of drug-likeness (QED) is 0.277. The summed E-state index contributed by atoms with van der Waals surface area (Å²) in [6, 6.07) is 3.55. The van der Waals surface area contributed by atoms with Crippen LogP contribution in [0.25, 0.3) is 16.8 Å². The van der Waals surface area contributed by atoms with Gasteiger partial charge in [0.15, 0.2) is 11.4 Å². The molecule has 2 fully saturated rings. The van der Waals surface area contributed by atoms with Crippen molar-refractivity contribution >= 4 is 29.1 Å². The van der Waals surface area contributed by atoms with E-state index in [2.05, 4.69) is 25.3 Å². The van der Waals surface area contributed by atoms with Crippen LogP contribution in [0.5, 0.6) is 0 Å². The Morgan fingerprint density at radius 2 is 1.82 bits per heavy atom. The molecule has 3 atom stereocenters. The van der Waals surface area contributed by atoms with Crippen molar-refractivity contribution in [3.8, 4) is 11.1 Å². The summed E-state index contributed by atoms with van der Waals surface area (Å²) in [5, 5.41) is 21.1. The molecule has 1 amide bonds. The minimum Gasteiger partial charge on any atom is -0.384 e. The van der Waals surface area contributed by atoms with Crippen LogP contribution in [0.15, 0.2) is 24.5 Å². The number of piperidine rings is 1. The summed E-state index contributed by atoms with van der Waals surface area (Å²) < 4.78 is 1.49. The standard InChI is InChI=1S/C26H30N10O3/c1-12(37)19-20(14-8-15-5-6-16(9-14)35(15)24(38)22-32-25(28)34-33-22)31-23-17(11-30-36(23)21(19)27)13-4-7-18(29-10-13)26(2,3)39/h4,7,10-11,14-16,39H,5-6,8-9,27H2,1-3H3,(H3,28,32,33,34)/t14?,15-,16+. The number of rotatable bonds is 5. The van der Waals surface area contributed by atoms with E-state index in [-0.39, 0.29) is 47.3 Å². The zero-order chi connectivity index (χ0) is 27.6. The summed E-state index contributed by atoms with van der Waals surface area (Å²) in [6.45, 7) is 4.83. The second-order valence-electron chi connectivity index (χ2n) is 10.9. The predicted octanol–water partition coefficient (Wildman–Crippen LogP) is 2.05. The third kappa shape index (κ3) is 4.09. The van der Waals surface area contributed by atoms with Gasteiger partial charge < -0.3 is 21.5 Å². The molecular weight excluding hydrogens is 500 g/mol. The first-order valence-corrected chi connectivity index (χ1v) is 12.9. The Labute approximate surface area is 223 Å². The number of nitrogens with two attached hydrogens (primary N) is 2. The van der Waals surface area contributed by atoms with Gasteiger partial charge in [0.05, 0.1) is 23.1 Å². The number of aliphatic hydroxyl groups is 1. The summed E-state index contributed by atoms with van der Waals surface area (Å²) in [7, 11) is 0. The van der Waals surface area contributed by atoms with Gasteiger partial charge in [-0.1, -0.05) is 6.07 Å². The summed E-state index contributed by atoms with van der Waals surface area (Å²) in [6.07, 6.45) is 6.30. The highest BCUT2D eigenvalue weighted by atomic mass is 16.3. The fraction of sp³-hybridized carbons (Fsp3) is 0.423. The molecule has 39 heavy (non-hydrogen) atoms. The van der Waals surface area contributed by atoms with Gasteiger partial charge >= 0.3 is 0 Å². The van der Waals surface area contributed by atoms with Crippen LogP contribution < -0.4 is 11.5 Å². The molecule has 6 N–H and O–H groups in total. The van der Waals surface area contributed by atoms with Crippen LogP contribution in [0.4, 0.5) is 11.8 Å². The summed E-state index contributed by atoms with van der Waals surface area (Å²) in [5.74, 6) is -0.0905. The number of anilines is 2. The van der Waals surface area contributed by atoms with Crippen molar-refractivity contribution in [3.05, 3.63) is 47.3 Å². The van der Waals surface area contributed by atoms with Crippen molar-refractivity contribution in [1.29, 1.82) is 0 Å². The van der Waals surface area contributed by atoms with Gasteiger partial charge in [-0.3, -0.25) is 19.7 Å². The number of nitrogens with zero attached hydrogens (tertiary/aromatic N) is 7. The number of hydrogen-bond acceptors (Lipinski definition) is 10. The van der Waals surface area contributed by atoms with E-state index in [0.29, 0.717) is 41.0 Å². The molecule has 0 aromatic carbocycles. The maximum Gasteiger partial charge on any atom is 0.291 e. The molecule has 0 radical (unpaired) electrons. The van der Waals surface area contributed by atoms with E-state index in [9.17, 15) is 14.7 Å². The first-order chi connectivity index (χ1) is 18.5. The Hall–Kier alpha value is -4.39. The molecule has 6 heterocycles. The van der Waals surface area contributed by atoms with Crippen LogP contribution in [0.2, 0.25) is 0 Å². The summed E-state index contributed by atoms with van der Waals surface area (Å²) in [5.41, 5.74) is 14.6. The molecule has 0 spiro atoms. The molecule has 2 bridgehead atoms.